The number of anilines is 2. The van der Waals surface area contributed by atoms with Crippen LogP contribution in [0, 0.1) is 5.82 Å². The van der Waals surface area contributed by atoms with E-state index in [1.165, 1.54) is 6.33 Å². The first-order valence-electron chi connectivity index (χ1n) is 13.5. The number of nitrogens with zero attached hydrogens (tertiary/aromatic N) is 5. The summed E-state index contributed by atoms with van der Waals surface area (Å²) in [6.45, 7) is 10.6. The number of allylic oxidation sites excluding steroid dienone is 9. The minimum absolute atomic E-state index is 0.160. The number of aromatic nitrogens is 3. The molecule has 0 radical (unpaired) electrons. The minimum atomic E-state index is -0.460. The molecule has 208 valence electrons. The molecule has 8 heteroatoms. The summed E-state index contributed by atoms with van der Waals surface area (Å²) in [5.74, 6) is 0.654. The molecule has 3 rings (SSSR count). The molecule has 0 amide bonds. The number of pyridine rings is 1. The zero-order valence-electron chi connectivity index (χ0n) is 24.0. The molecule has 3 heterocycles. The molecule has 0 spiro atoms. The molecule has 7 nitrogen and oxygen atoms in total. The quantitative estimate of drug-likeness (QED) is 0.329. The van der Waals surface area contributed by atoms with E-state index in [-0.39, 0.29) is 5.82 Å². The topological polar surface area (TPSA) is 66.4 Å². The summed E-state index contributed by atoms with van der Waals surface area (Å²) in [4.78, 5) is 17.3. The average molecular weight is 533 g/mol. The van der Waals surface area contributed by atoms with Crippen molar-refractivity contribution in [1.29, 1.82) is 0 Å². The summed E-state index contributed by atoms with van der Waals surface area (Å²) in [6, 6.07) is 1.92. The lowest BCUT2D eigenvalue weighted by Crippen LogP contribution is -2.43. The summed E-state index contributed by atoms with van der Waals surface area (Å²) < 4.78 is 21.2. The van der Waals surface area contributed by atoms with Crippen molar-refractivity contribution < 1.29 is 9.13 Å². The van der Waals surface area contributed by atoms with Gasteiger partial charge in [0.2, 0.25) is 5.82 Å². The number of ether oxygens (including phenoxy) is 1. The first kappa shape index (κ1) is 29.6. The molecule has 0 aliphatic carbocycles. The zero-order chi connectivity index (χ0) is 28.2. The smallest absolute Gasteiger partial charge is 0.207 e. The Morgan fingerprint density at radius 2 is 2.00 bits per heavy atom. The van der Waals surface area contributed by atoms with Gasteiger partial charge < -0.3 is 19.9 Å². The second kappa shape index (κ2) is 14.9. The molecular weight excluding hydrogens is 491 g/mol. The van der Waals surface area contributed by atoms with Crippen molar-refractivity contribution in [1.82, 2.24) is 19.9 Å². The fourth-order valence-corrected chi connectivity index (χ4v) is 4.33. The van der Waals surface area contributed by atoms with E-state index in [0.29, 0.717) is 31.2 Å². The van der Waals surface area contributed by atoms with Crippen LogP contribution in [0.5, 0.6) is 5.75 Å². The van der Waals surface area contributed by atoms with E-state index in [9.17, 15) is 0 Å². The Hall–Kier alpha value is -3.94. The van der Waals surface area contributed by atoms with Crippen LogP contribution in [0.3, 0.4) is 0 Å². The molecule has 39 heavy (non-hydrogen) atoms. The maximum Gasteiger partial charge on any atom is 0.207 e. The van der Waals surface area contributed by atoms with Crippen molar-refractivity contribution in [3.63, 3.8) is 0 Å². The van der Waals surface area contributed by atoms with Crippen LogP contribution in [-0.2, 0) is 6.54 Å². The molecule has 2 aromatic heterocycles. The highest BCUT2D eigenvalue weighted by atomic mass is 19.1. The number of methoxy groups -OCH3 is 1. The van der Waals surface area contributed by atoms with Crippen LogP contribution in [0.1, 0.15) is 51.8 Å². The van der Waals surface area contributed by atoms with Crippen LogP contribution in [0.25, 0.3) is 5.57 Å². The lowest BCUT2D eigenvalue weighted by Gasteiger charge is -2.36. The zero-order valence-corrected chi connectivity index (χ0v) is 24.0. The predicted molar refractivity (Wildman–Crippen MR) is 159 cm³/mol. The van der Waals surface area contributed by atoms with E-state index in [0.717, 1.165) is 47.5 Å². The van der Waals surface area contributed by atoms with E-state index >= 15 is 4.39 Å². The molecule has 0 unspecified atom stereocenters. The monoisotopic (exact) mass is 532 g/mol. The number of halogens is 1. The Morgan fingerprint density at radius 3 is 2.72 bits per heavy atom. The van der Waals surface area contributed by atoms with Gasteiger partial charge >= 0.3 is 0 Å². The Bertz CT molecular complexity index is 1260. The fourth-order valence-electron chi connectivity index (χ4n) is 4.33. The molecule has 2 aromatic rings. The third kappa shape index (κ3) is 8.02. The maximum absolute atomic E-state index is 15.5. The fraction of sp³-hybridized carbons (Fsp3) is 0.387. The van der Waals surface area contributed by atoms with Crippen LogP contribution in [0.4, 0.5) is 16.0 Å². The van der Waals surface area contributed by atoms with Crippen molar-refractivity contribution in [3.8, 4) is 5.75 Å². The molecule has 1 saturated heterocycles. The van der Waals surface area contributed by atoms with Crippen LogP contribution in [-0.4, -0.2) is 53.6 Å². The lowest BCUT2D eigenvalue weighted by atomic mass is 10.1. The van der Waals surface area contributed by atoms with Crippen molar-refractivity contribution >= 4 is 17.2 Å². The summed E-state index contributed by atoms with van der Waals surface area (Å²) in [6.07, 6.45) is 19.6. The van der Waals surface area contributed by atoms with Crippen LogP contribution < -0.4 is 15.0 Å². The standard InChI is InChI=1S/C31H41FN6O/c1-7-10-11-14-26-21-38(16-15-37(26)5)31-28(32)30(35-22-36-31)34-20-24-18-27(39-6)29(33-19-24)25(13-9-3)17-23(4)12-8-2/h9-14,17-19,22H,7-8,15-16,20-21H2,1-6H3,(H,34,35,36)/b11-10-,13-9-,23-12+,25-17+,26-14-. The predicted octanol–water partition coefficient (Wildman–Crippen LogP) is 6.55. The summed E-state index contributed by atoms with van der Waals surface area (Å²) in [5.41, 5.74) is 4.85. The SMILES string of the molecule is C\C=C/C(=C\C(C)=C\CC)c1ncc(CNc2ncnc(N3CCN(C)/C(=C\C=C/CC)C3)c2F)cc1OC. The Kier molecular flexibility index (Phi) is 11.3. The van der Waals surface area contributed by atoms with Gasteiger partial charge in [0.1, 0.15) is 17.8 Å². The highest BCUT2D eigenvalue weighted by Crippen LogP contribution is 2.28. The van der Waals surface area contributed by atoms with Crippen molar-refractivity contribution in [3.05, 3.63) is 89.5 Å². The van der Waals surface area contributed by atoms with E-state index in [1.54, 1.807) is 13.3 Å². The van der Waals surface area contributed by atoms with E-state index < -0.39 is 5.82 Å². The molecule has 1 fully saturated rings. The number of hydrogen-bond acceptors (Lipinski definition) is 7. The second-order valence-electron chi connectivity index (χ2n) is 9.40. The Labute approximate surface area is 232 Å². The van der Waals surface area contributed by atoms with Crippen molar-refractivity contribution in [2.45, 2.75) is 47.1 Å². The minimum Gasteiger partial charge on any atom is -0.494 e. The maximum atomic E-state index is 15.5. The summed E-state index contributed by atoms with van der Waals surface area (Å²) in [7, 11) is 3.69. The Morgan fingerprint density at radius 1 is 1.18 bits per heavy atom. The molecule has 1 aliphatic heterocycles. The Balaban J connectivity index is 1.79. The van der Waals surface area contributed by atoms with Gasteiger partial charge in [0.05, 0.1) is 13.7 Å². The average Bonchev–Trinajstić information content (AvgIpc) is 2.93. The highest BCUT2D eigenvalue weighted by molar-refractivity contribution is 5.77. The van der Waals surface area contributed by atoms with E-state index in [1.807, 2.05) is 36.1 Å². The van der Waals surface area contributed by atoms with Crippen LogP contribution in [0.15, 0.2) is 72.4 Å². The largest absolute Gasteiger partial charge is 0.494 e. The van der Waals surface area contributed by atoms with Gasteiger partial charge in [-0.3, -0.25) is 4.98 Å². The number of nitrogens with one attached hydrogen (secondary N) is 1. The molecular formula is C31H41FN6O. The molecule has 0 saturated carbocycles. The van der Waals surface area contributed by atoms with Gasteiger partial charge in [-0.1, -0.05) is 55.9 Å². The van der Waals surface area contributed by atoms with Gasteiger partial charge in [-0.25, -0.2) is 9.97 Å². The van der Waals surface area contributed by atoms with E-state index in [4.69, 9.17) is 9.72 Å². The first-order valence-corrected chi connectivity index (χ1v) is 13.5. The molecule has 1 aliphatic rings. The van der Waals surface area contributed by atoms with Gasteiger partial charge in [-0.15, -0.1) is 0 Å². The number of rotatable bonds is 11. The van der Waals surface area contributed by atoms with Gasteiger partial charge in [0, 0.05) is 44.1 Å². The number of likely N-dealkylation sites (N-methyl/N-ethyl adjacent to an activating group) is 1. The molecule has 1 N–H and O–H groups in total. The van der Waals surface area contributed by atoms with Gasteiger partial charge in [-0.2, -0.15) is 4.39 Å². The van der Waals surface area contributed by atoms with Crippen molar-refractivity contribution in [2.24, 2.45) is 0 Å². The summed E-state index contributed by atoms with van der Waals surface area (Å²) in [5, 5.41) is 3.12. The summed E-state index contributed by atoms with van der Waals surface area (Å²) >= 11 is 0. The highest BCUT2D eigenvalue weighted by Gasteiger charge is 2.23. The number of piperazine rings is 1. The third-order valence-corrected chi connectivity index (χ3v) is 6.40. The van der Waals surface area contributed by atoms with E-state index in [2.05, 4.69) is 72.3 Å². The second-order valence-corrected chi connectivity index (χ2v) is 9.40. The number of hydrogen-bond donors (Lipinski definition) is 1. The molecule has 0 bridgehead atoms. The van der Waals surface area contributed by atoms with Gasteiger partial charge in [-0.05, 0) is 44.4 Å². The van der Waals surface area contributed by atoms with Gasteiger partial charge in [0.15, 0.2) is 11.6 Å². The lowest BCUT2D eigenvalue weighted by molar-refractivity contribution is 0.378. The van der Waals surface area contributed by atoms with Gasteiger partial charge in [0.25, 0.3) is 0 Å². The van der Waals surface area contributed by atoms with Crippen LogP contribution >= 0.6 is 0 Å². The first-order chi connectivity index (χ1) is 18.9. The van der Waals surface area contributed by atoms with Crippen molar-refractivity contribution in [2.75, 3.05) is 44.0 Å². The third-order valence-electron chi connectivity index (χ3n) is 6.40. The molecule has 0 aromatic carbocycles. The van der Waals surface area contributed by atoms with Crippen LogP contribution in [0.2, 0.25) is 0 Å². The molecule has 0 atom stereocenters. The normalized spacial score (nSPS) is 16.1.